The molecule has 0 aliphatic carbocycles. The number of alkyl halides is 3. The van der Waals surface area contributed by atoms with Gasteiger partial charge in [-0.25, -0.2) is 0 Å². The van der Waals surface area contributed by atoms with E-state index in [1.807, 2.05) is 0 Å². The number of likely N-dealkylation sites (tertiary alicyclic amines) is 1. The van der Waals surface area contributed by atoms with Crippen molar-refractivity contribution in [2.24, 2.45) is 0 Å². The number of ether oxygens (including phenoxy) is 1. The highest BCUT2D eigenvalue weighted by molar-refractivity contribution is 4.82. The van der Waals surface area contributed by atoms with Crippen molar-refractivity contribution in [1.29, 1.82) is 0 Å². The molecule has 0 bridgehead atoms. The molecule has 1 N–H and O–H groups in total. The monoisotopic (exact) mass is 252 g/mol. The van der Waals surface area contributed by atoms with Gasteiger partial charge in [0, 0.05) is 18.7 Å². The maximum absolute atomic E-state index is 12.2. The van der Waals surface area contributed by atoms with Gasteiger partial charge < -0.3 is 10.1 Å². The first-order chi connectivity index (χ1) is 8.03. The van der Waals surface area contributed by atoms with Crippen molar-refractivity contribution in [2.75, 3.05) is 32.8 Å². The molecular weight excluding hydrogens is 233 g/mol. The molecule has 0 spiro atoms. The third kappa shape index (κ3) is 4.44. The number of nitrogens with zero attached hydrogens (tertiary/aromatic N) is 1. The number of rotatable bonds is 3. The predicted octanol–water partition coefficient (Wildman–Crippen LogP) is 1.39. The molecule has 0 saturated carbocycles. The number of piperidine rings is 1. The number of nitrogens with one attached hydrogen (secondary N) is 1. The van der Waals surface area contributed by atoms with E-state index in [1.165, 1.54) is 4.90 Å². The van der Waals surface area contributed by atoms with E-state index in [0.29, 0.717) is 25.2 Å². The van der Waals surface area contributed by atoms with Crippen LogP contribution in [0.1, 0.15) is 19.3 Å². The molecule has 1 unspecified atom stereocenters. The molecule has 3 nitrogen and oxygen atoms in total. The van der Waals surface area contributed by atoms with Crippen LogP contribution in [0.25, 0.3) is 0 Å². The van der Waals surface area contributed by atoms with E-state index >= 15 is 0 Å². The van der Waals surface area contributed by atoms with E-state index in [4.69, 9.17) is 4.74 Å². The lowest BCUT2D eigenvalue weighted by Gasteiger charge is -2.33. The topological polar surface area (TPSA) is 24.5 Å². The average molecular weight is 252 g/mol. The van der Waals surface area contributed by atoms with E-state index in [-0.39, 0.29) is 0 Å². The minimum absolute atomic E-state index is 0.353. The summed E-state index contributed by atoms with van der Waals surface area (Å²) < 4.78 is 41.8. The molecule has 2 rings (SSSR count). The zero-order chi connectivity index (χ0) is 12.3. The quantitative estimate of drug-likeness (QED) is 0.821. The molecule has 0 amide bonds. The SMILES string of the molecule is FC(F)(F)CN1CCC(NC2CCOC2)CC1. The number of hydrogen-bond acceptors (Lipinski definition) is 3. The van der Waals surface area contributed by atoms with Gasteiger partial charge in [-0.2, -0.15) is 13.2 Å². The third-order valence-electron chi connectivity index (χ3n) is 3.39. The third-order valence-corrected chi connectivity index (χ3v) is 3.39. The maximum atomic E-state index is 12.2. The van der Waals surface area contributed by atoms with Gasteiger partial charge in [0.1, 0.15) is 0 Å². The predicted molar refractivity (Wildman–Crippen MR) is 57.9 cm³/mol. The molecular formula is C11H19F3N2O. The van der Waals surface area contributed by atoms with Crippen LogP contribution in [0.4, 0.5) is 13.2 Å². The van der Waals surface area contributed by atoms with E-state index < -0.39 is 12.7 Å². The van der Waals surface area contributed by atoms with Gasteiger partial charge in [-0.15, -0.1) is 0 Å². The van der Waals surface area contributed by atoms with Crippen molar-refractivity contribution < 1.29 is 17.9 Å². The second-order valence-corrected chi connectivity index (χ2v) is 4.89. The molecule has 6 heteroatoms. The van der Waals surface area contributed by atoms with Crippen molar-refractivity contribution in [3.05, 3.63) is 0 Å². The molecule has 0 aromatic carbocycles. The minimum Gasteiger partial charge on any atom is -0.380 e. The highest BCUT2D eigenvalue weighted by Crippen LogP contribution is 2.20. The summed E-state index contributed by atoms with van der Waals surface area (Å²) in [7, 11) is 0. The standard InChI is InChI=1S/C11H19F3N2O/c12-11(13,14)8-16-4-1-9(2-5-16)15-10-3-6-17-7-10/h9-10,15H,1-8H2. The zero-order valence-electron chi connectivity index (χ0n) is 9.80. The molecule has 2 fully saturated rings. The zero-order valence-corrected chi connectivity index (χ0v) is 9.80. The molecule has 2 aliphatic heterocycles. The Bertz CT molecular complexity index is 233. The van der Waals surface area contributed by atoms with Crippen molar-refractivity contribution >= 4 is 0 Å². The highest BCUT2D eigenvalue weighted by atomic mass is 19.4. The van der Waals surface area contributed by atoms with Crippen LogP contribution in [-0.2, 0) is 4.74 Å². The van der Waals surface area contributed by atoms with Gasteiger partial charge >= 0.3 is 6.18 Å². The van der Waals surface area contributed by atoms with Crippen LogP contribution in [0.15, 0.2) is 0 Å². The van der Waals surface area contributed by atoms with Crippen LogP contribution >= 0.6 is 0 Å². The Balaban J connectivity index is 1.67. The van der Waals surface area contributed by atoms with Crippen LogP contribution < -0.4 is 5.32 Å². The summed E-state index contributed by atoms with van der Waals surface area (Å²) in [5.74, 6) is 0. The fourth-order valence-corrected chi connectivity index (χ4v) is 2.51. The first-order valence-electron chi connectivity index (χ1n) is 6.16. The molecule has 0 radical (unpaired) electrons. The summed E-state index contributed by atoms with van der Waals surface area (Å²) in [6, 6.07) is 0.750. The van der Waals surface area contributed by atoms with Crippen LogP contribution in [0, 0.1) is 0 Å². The second-order valence-electron chi connectivity index (χ2n) is 4.89. The van der Waals surface area contributed by atoms with E-state index in [1.54, 1.807) is 0 Å². The molecule has 2 aliphatic rings. The van der Waals surface area contributed by atoms with Gasteiger partial charge in [-0.1, -0.05) is 0 Å². The van der Waals surface area contributed by atoms with E-state index in [2.05, 4.69) is 5.32 Å². The van der Waals surface area contributed by atoms with E-state index in [0.717, 1.165) is 32.5 Å². The van der Waals surface area contributed by atoms with Crippen LogP contribution in [0.2, 0.25) is 0 Å². The first-order valence-corrected chi connectivity index (χ1v) is 6.16. The van der Waals surface area contributed by atoms with Crippen LogP contribution in [0.5, 0.6) is 0 Å². The first kappa shape index (κ1) is 13.1. The Kier molecular flexibility index (Phi) is 4.27. The van der Waals surface area contributed by atoms with Crippen molar-refractivity contribution in [3.8, 4) is 0 Å². The molecule has 2 saturated heterocycles. The van der Waals surface area contributed by atoms with E-state index in [9.17, 15) is 13.2 Å². The molecule has 17 heavy (non-hydrogen) atoms. The average Bonchev–Trinajstić information content (AvgIpc) is 2.71. The number of halogens is 3. The summed E-state index contributed by atoms with van der Waals surface area (Å²) in [5, 5.41) is 3.47. The Hall–Kier alpha value is -0.330. The maximum Gasteiger partial charge on any atom is 0.401 e. The lowest BCUT2D eigenvalue weighted by Crippen LogP contribution is -2.48. The molecule has 2 heterocycles. The summed E-state index contributed by atoms with van der Waals surface area (Å²) >= 11 is 0. The molecule has 1 atom stereocenters. The lowest BCUT2D eigenvalue weighted by molar-refractivity contribution is -0.148. The largest absolute Gasteiger partial charge is 0.401 e. The summed E-state index contributed by atoms with van der Waals surface area (Å²) in [6.07, 6.45) is -1.46. The second kappa shape index (κ2) is 5.54. The summed E-state index contributed by atoms with van der Waals surface area (Å²) in [5.41, 5.74) is 0. The number of hydrogen-bond donors (Lipinski definition) is 1. The Morgan fingerprint density at radius 2 is 1.82 bits per heavy atom. The summed E-state index contributed by atoms with van der Waals surface area (Å²) in [6.45, 7) is 1.83. The van der Waals surface area contributed by atoms with Gasteiger partial charge in [0.15, 0.2) is 0 Å². The van der Waals surface area contributed by atoms with Gasteiger partial charge in [-0.3, -0.25) is 4.90 Å². The molecule has 100 valence electrons. The Labute approximate surface area is 99.3 Å². The fourth-order valence-electron chi connectivity index (χ4n) is 2.51. The Morgan fingerprint density at radius 1 is 1.12 bits per heavy atom. The van der Waals surface area contributed by atoms with Crippen LogP contribution in [0.3, 0.4) is 0 Å². The fraction of sp³-hybridized carbons (Fsp3) is 1.00. The summed E-state index contributed by atoms with van der Waals surface area (Å²) in [4.78, 5) is 1.49. The van der Waals surface area contributed by atoms with Crippen molar-refractivity contribution in [1.82, 2.24) is 10.2 Å². The van der Waals surface area contributed by atoms with Crippen molar-refractivity contribution in [3.63, 3.8) is 0 Å². The van der Waals surface area contributed by atoms with Crippen LogP contribution in [-0.4, -0.2) is 56.0 Å². The smallest absolute Gasteiger partial charge is 0.380 e. The normalized spacial score (nSPS) is 28.8. The van der Waals surface area contributed by atoms with Gasteiger partial charge in [0.05, 0.1) is 13.2 Å². The van der Waals surface area contributed by atoms with Crippen molar-refractivity contribution in [2.45, 2.75) is 37.5 Å². The minimum atomic E-state index is -4.07. The van der Waals surface area contributed by atoms with Gasteiger partial charge in [-0.05, 0) is 32.4 Å². The Morgan fingerprint density at radius 3 is 2.35 bits per heavy atom. The van der Waals surface area contributed by atoms with Gasteiger partial charge in [0.2, 0.25) is 0 Å². The molecule has 0 aromatic rings. The highest BCUT2D eigenvalue weighted by Gasteiger charge is 2.32. The molecule has 0 aromatic heterocycles. The van der Waals surface area contributed by atoms with Gasteiger partial charge in [0.25, 0.3) is 0 Å². The lowest BCUT2D eigenvalue weighted by atomic mass is 10.0.